The number of nitrogens with one attached hydrogen (secondary N) is 1. The zero-order valence-corrected chi connectivity index (χ0v) is 16.9. The fourth-order valence-electron chi connectivity index (χ4n) is 1.81. The van der Waals surface area contributed by atoms with Gasteiger partial charge in [-0.1, -0.05) is 32.9 Å². The van der Waals surface area contributed by atoms with Gasteiger partial charge >= 0.3 is 0 Å². The van der Waals surface area contributed by atoms with Crippen LogP contribution >= 0.6 is 24.0 Å². The lowest BCUT2D eigenvalue weighted by molar-refractivity contribution is 0.327. The maximum absolute atomic E-state index is 5.80. The van der Waals surface area contributed by atoms with E-state index in [9.17, 15) is 0 Å². The summed E-state index contributed by atoms with van der Waals surface area (Å²) in [4.78, 5) is 4.25. The lowest BCUT2D eigenvalue weighted by atomic mass is 9.87. The molecule has 0 heterocycles. The minimum absolute atomic E-state index is 0. The molecule has 1 aromatic rings. The zero-order chi connectivity index (χ0) is 16.1. The summed E-state index contributed by atoms with van der Waals surface area (Å²) in [7, 11) is 0. The Morgan fingerprint density at radius 3 is 2.36 bits per heavy atom. The van der Waals surface area contributed by atoms with Crippen molar-refractivity contribution in [2.75, 3.05) is 13.2 Å². The first-order chi connectivity index (χ1) is 9.58. The van der Waals surface area contributed by atoms with E-state index in [4.69, 9.17) is 10.5 Å². The van der Waals surface area contributed by atoms with Gasteiger partial charge in [0.2, 0.25) is 0 Å². The van der Waals surface area contributed by atoms with Crippen LogP contribution in [0.3, 0.4) is 0 Å². The van der Waals surface area contributed by atoms with Crippen LogP contribution in [0.25, 0.3) is 0 Å². The molecule has 4 nitrogen and oxygen atoms in total. The van der Waals surface area contributed by atoms with Gasteiger partial charge < -0.3 is 15.8 Å². The van der Waals surface area contributed by atoms with Gasteiger partial charge in [-0.3, -0.25) is 0 Å². The van der Waals surface area contributed by atoms with E-state index in [0.717, 1.165) is 5.75 Å². The van der Waals surface area contributed by atoms with Gasteiger partial charge in [-0.25, -0.2) is 4.99 Å². The van der Waals surface area contributed by atoms with Crippen molar-refractivity contribution in [3.8, 4) is 5.75 Å². The Hall–Kier alpha value is -0.980. The third kappa shape index (κ3) is 8.46. The van der Waals surface area contributed by atoms with E-state index in [1.807, 2.05) is 32.9 Å². The van der Waals surface area contributed by atoms with E-state index in [-0.39, 0.29) is 34.9 Å². The molecule has 0 radical (unpaired) electrons. The van der Waals surface area contributed by atoms with Gasteiger partial charge in [0.15, 0.2) is 5.96 Å². The first-order valence-corrected chi connectivity index (χ1v) is 7.39. The van der Waals surface area contributed by atoms with Crippen molar-refractivity contribution in [1.82, 2.24) is 5.32 Å². The van der Waals surface area contributed by atoms with Crippen LogP contribution in [-0.2, 0) is 5.41 Å². The van der Waals surface area contributed by atoms with Gasteiger partial charge in [0.05, 0.1) is 6.54 Å². The Bertz CT molecular complexity index is 487. The highest BCUT2D eigenvalue weighted by atomic mass is 127. The molecule has 126 valence electrons. The van der Waals surface area contributed by atoms with Crippen molar-refractivity contribution in [3.05, 3.63) is 29.8 Å². The van der Waals surface area contributed by atoms with E-state index >= 15 is 0 Å². The quantitative estimate of drug-likeness (QED) is 0.339. The number of guanidine groups is 1. The molecule has 0 saturated carbocycles. The largest absolute Gasteiger partial charge is 0.492 e. The molecule has 1 rings (SSSR count). The molecule has 0 spiro atoms. The van der Waals surface area contributed by atoms with Crippen molar-refractivity contribution in [1.29, 1.82) is 0 Å². The molecule has 22 heavy (non-hydrogen) atoms. The van der Waals surface area contributed by atoms with Crippen molar-refractivity contribution in [3.63, 3.8) is 0 Å². The molecule has 3 N–H and O–H groups in total. The van der Waals surface area contributed by atoms with Crippen molar-refractivity contribution < 1.29 is 4.74 Å². The Labute approximate surface area is 151 Å². The number of ether oxygens (including phenoxy) is 1. The number of rotatable bonds is 4. The lowest BCUT2D eigenvalue weighted by Gasteiger charge is -2.21. The van der Waals surface area contributed by atoms with E-state index in [0.29, 0.717) is 19.1 Å². The highest BCUT2D eigenvalue weighted by molar-refractivity contribution is 14.0. The average molecular weight is 419 g/mol. The highest BCUT2D eigenvalue weighted by Crippen LogP contribution is 2.25. The molecular weight excluding hydrogens is 389 g/mol. The maximum atomic E-state index is 5.80. The number of nitrogens with zero attached hydrogens (tertiary/aromatic N) is 1. The van der Waals surface area contributed by atoms with E-state index in [1.165, 1.54) is 5.56 Å². The van der Waals surface area contributed by atoms with Crippen LogP contribution in [0.1, 0.15) is 47.1 Å². The van der Waals surface area contributed by atoms with E-state index < -0.39 is 0 Å². The molecule has 0 aliphatic heterocycles. The molecule has 1 aromatic carbocycles. The summed E-state index contributed by atoms with van der Waals surface area (Å²) >= 11 is 0. The molecule has 0 bridgehead atoms. The predicted octanol–water partition coefficient (Wildman–Crippen LogP) is 3.68. The number of nitrogens with two attached hydrogens (primary N) is 1. The number of hydrogen-bond acceptors (Lipinski definition) is 2. The molecule has 0 unspecified atom stereocenters. The number of benzene rings is 1. The molecule has 0 aliphatic rings. The first kappa shape index (κ1) is 21.0. The van der Waals surface area contributed by atoms with Crippen molar-refractivity contribution in [2.45, 2.75) is 52.5 Å². The van der Waals surface area contributed by atoms with Gasteiger partial charge in [-0.2, -0.15) is 0 Å². The summed E-state index contributed by atoms with van der Waals surface area (Å²) in [5, 5.41) is 3.12. The zero-order valence-electron chi connectivity index (χ0n) is 14.6. The van der Waals surface area contributed by atoms with Crippen LogP contribution in [0.4, 0.5) is 0 Å². The average Bonchev–Trinajstić information content (AvgIpc) is 2.32. The van der Waals surface area contributed by atoms with Crippen molar-refractivity contribution >= 4 is 29.9 Å². The number of hydrogen-bond donors (Lipinski definition) is 2. The normalized spacial score (nSPS) is 12.5. The maximum Gasteiger partial charge on any atom is 0.189 e. The van der Waals surface area contributed by atoms with Crippen molar-refractivity contribution in [2.24, 2.45) is 10.7 Å². The van der Waals surface area contributed by atoms with Crippen LogP contribution in [0.15, 0.2) is 29.3 Å². The SMILES string of the molecule is CC(C)(C)NC(N)=NCCOc1cccc(C(C)(C)C)c1.I. The molecule has 0 amide bonds. The summed E-state index contributed by atoms with van der Waals surface area (Å²) in [5.41, 5.74) is 7.11. The summed E-state index contributed by atoms with van der Waals surface area (Å²) in [5.74, 6) is 1.33. The molecule has 0 atom stereocenters. The second kappa shape index (κ2) is 8.60. The van der Waals surface area contributed by atoms with E-state index in [2.05, 4.69) is 43.2 Å². The minimum atomic E-state index is -0.0739. The third-order valence-electron chi connectivity index (χ3n) is 2.85. The molecule has 0 aliphatic carbocycles. The van der Waals surface area contributed by atoms with Gasteiger partial charge in [-0.05, 0) is 43.9 Å². The van der Waals surface area contributed by atoms with Crippen LogP contribution in [0, 0.1) is 0 Å². The second-order valence-electron chi connectivity index (χ2n) is 7.27. The van der Waals surface area contributed by atoms with Gasteiger partial charge in [0, 0.05) is 5.54 Å². The summed E-state index contributed by atoms with van der Waals surface area (Å²) in [6.45, 7) is 13.8. The topological polar surface area (TPSA) is 59.6 Å². The summed E-state index contributed by atoms with van der Waals surface area (Å²) < 4.78 is 5.73. The summed E-state index contributed by atoms with van der Waals surface area (Å²) in [6.07, 6.45) is 0. The van der Waals surface area contributed by atoms with Crippen LogP contribution in [-0.4, -0.2) is 24.7 Å². The monoisotopic (exact) mass is 419 g/mol. The standard InChI is InChI=1S/C17H29N3O.HI/c1-16(2,3)13-8-7-9-14(12-13)21-11-10-19-15(18)20-17(4,5)6;/h7-9,12H,10-11H2,1-6H3,(H3,18,19,20);1H. The van der Waals surface area contributed by atoms with E-state index in [1.54, 1.807) is 0 Å². The minimum Gasteiger partial charge on any atom is -0.492 e. The summed E-state index contributed by atoms with van der Waals surface area (Å²) in [6, 6.07) is 8.20. The Morgan fingerprint density at radius 1 is 1.18 bits per heavy atom. The molecule has 0 fully saturated rings. The molecule has 0 saturated heterocycles. The van der Waals surface area contributed by atoms with Gasteiger partial charge in [0.25, 0.3) is 0 Å². The van der Waals surface area contributed by atoms with Gasteiger partial charge in [-0.15, -0.1) is 24.0 Å². The van der Waals surface area contributed by atoms with Crippen LogP contribution < -0.4 is 15.8 Å². The number of halogens is 1. The fraction of sp³-hybridized carbons (Fsp3) is 0.588. The fourth-order valence-corrected chi connectivity index (χ4v) is 1.81. The molecule has 0 aromatic heterocycles. The predicted molar refractivity (Wildman–Crippen MR) is 105 cm³/mol. The van der Waals surface area contributed by atoms with Gasteiger partial charge in [0.1, 0.15) is 12.4 Å². The Morgan fingerprint density at radius 2 is 1.82 bits per heavy atom. The Balaban J connectivity index is 0.00000441. The van der Waals surface area contributed by atoms with Crippen LogP contribution in [0.2, 0.25) is 0 Å². The first-order valence-electron chi connectivity index (χ1n) is 7.39. The lowest BCUT2D eigenvalue weighted by Crippen LogP contribution is -2.45. The number of aliphatic imine (C=N–C) groups is 1. The molecule has 5 heteroatoms. The van der Waals surface area contributed by atoms with Crippen LogP contribution in [0.5, 0.6) is 5.75 Å². The second-order valence-corrected chi connectivity index (χ2v) is 7.27. The smallest absolute Gasteiger partial charge is 0.189 e. The molecular formula is C17H30IN3O. The highest BCUT2D eigenvalue weighted by Gasteiger charge is 2.13. The third-order valence-corrected chi connectivity index (χ3v) is 2.85. The Kier molecular flexibility index (Phi) is 8.22.